The Labute approximate surface area is 148 Å². The lowest BCUT2D eigenvalue weighted by Gasteiger charge is -2.10. The number of halogens is 2. The van der Waals surface area contributed by atoms with E-state index in [1.807, 2.05) is 34.9 Å². The first-order valence-electron chi connectivity index (χ1n) is 7.25. The number of thioether (sulfide) groups is 1. The molecule has 0 atom stereocenters. The number of para-hydroxylation sites is 1. The second-order valence-electron chi connectivity index (χ2n) is 4.99. The normalized spacial score (nSPS) is 11.0. The highest BCUT2D eigenvalue weighted by molar-refractivity contribution is 7.98. The number of aromatic nitrogens is 3. The first kappa shape index (κ1) is 17.0. The van der Waals surface area contributed by atoms with Crippen molar-refractivity contribution < 1.29 is 9.13 Å². The zero-order valence-corrected chi connectivity index (χ0v) is 14.5. The van der Waals surface area contributed by atoms with E-state index in [2.05, 4.69) is 10.2 Å². The number of hydrogen-bond donors (Lipinski definition) is 0. The smallest absolute Gasteiger partial charge is 0.196 e. The Morgan fingerprint density at radius 3 is 2.62 bits per heavy atom. The van der Waals surface area contributed by atoms with Crippen LogP contribution in [0, 0.1) is 5.82 Å². The largest absolute Gasteiger partial charge is 0.377 e. The van der Waals surface area contributed by atoms with Gasteiger partial charge in [-0.25, -0.2) is 4.39 Å². The Kier molecular flexibility index (Phi) is 5.50. The van der Waals surface area contributed by atoms with Crippen LogP contribution in [0.3, 0.4) is 0 Å². The molecule has 0 bridgehead atoms. The van der Waals surface area contributed by atoms with Crippen LogP contribution in [0.4, 0.5) is 4.39 Å². The third kappa shape index (κ3) is 3.61. The maximum atomic E-state index is 13.9. The van der Waals surface area contributed by atoms with Crippen LogP contribution in [-0.4, -0.2) is 21.9 Å². The van der Waals surface area contributed by atoms with Gasteiger partial charge < -0.3 is 4.74 Å². The summed E-state index contributed by atoms with van der Waals surface area (Å²) in [4.78, 5) is 0. The molecule has 0 unspecified atom stereocenters. The Balaban J connectivity index is 1.91. The zero-order chi connectivity index (χ0) is 16.9. The third-order valence-corrected chi connectivity index (χ3v) is 4.71. The van der Waals surface area contributed by atoms with Gasteiger partial charge in [0.2, 0.25) is 0 Å². The average molecular weight is 364 g/mol. The molecule has 0 spiro atoms. The number of hydrogen-bond acceptors (Lipinski definition) is 4. The molecule has 24 heavy (non-hydrogen) atoms. The summed E-state index contributed by atoms with van der Waals surface area (Å²) < 4.78 is 21.0. The van der Waals surface area contributed by atoms with Gasteiger partial charge in [0.15, 0.2) is 11.0 Å². The molecule has 4 nitrogen and oxygen atoms in total. The first-order valence-corrected chi connectivity index (χ1v) is 8.61. The van der Waals surface area contributed by atoms with E-state index < -0.39 is 0 Å². The second-order valence-corrected chi connectivity index (χ2v) is 6.34. The van der Waals surface area contributed by atoms with Crippen LogP contribution in [0.15, 0.2) is 53.7 Å². The van der Waals surface area contributed by atoms with E-state index >= 15 is 0 Å². The molecule has 0 aliphatic heterocycles. The van der Waals surface area contributed by atoms with Crippen molar-refractivity contribution in [3.63, 3.8) is 0 Å². The highest BCUT2D eigenvalue weighted by Gasteiger charge is 2.16. The Hall–Kier alpha value is -1.89. The SMILES string of the molecule is COCc1nnc(SCc2c(F)cccc2Cl)n1-c1ccccc1. The number of benzene rings is 2. The predicted octanol–water partition coefficient (Wildman–Crippen LogP) is 4.50. The van der Waals surface area contributed by atoms with Crippen LogP contribution in [0.25, 0.3) is 5.69 Å². The average Bonchev–Trinajstić information content (AvgIpc) is 2.98. The summed E-state index contributed by atoms with van der Waals surface area (Å²) in [5.41, 5.74) is 1.39. The summed E-state index contributed by atoms with van der Waals surface area (Å²) in [5.74, 6) is 0.729. The van der Waals surface area contributed by atoms with Crippen molar-refractivity contribution in [1.82, 2.24) is 14.8 Å². The van der Waals surface area contributed by atoms with Crippen molar-refractivity contribution in [3.05, 3.63) is 70.8 Å². The molecule has 0 amide bonds. The van der Waals surface area contributed by atoms with E-state index in [9.17, 15) is 4.39 Å². The molecule has 0 aliphatic rings. The Morgan fingerprint density at radius 1 is 1.12 bits per heavy atom. The van der Waals surface area contributed by atoms with E-state index in [0.717, 1.165) is 5.69 Å². The Bertz CT molecular complexity index is 806. The van der Waals surface area contributed by atoms with Gasteiger partial charge >= 0.3 is 0 Å². The summed E-state index contributed by atoms with van der Waals surface area (Å²) in [6.45, 7) is 0.336. The molecule has 0 saturated heterocycles. The fourth-order valence-corrected chi connectivity index (χ4v) is 3.57. The summed E-state index contributed by atoms with van der Waals surface area (Å²) in [6.07, 6.45) is 0. The minimum Gasteiger partial charge on any atom is -0.377 e. The van der Waals surface area contributed by atoms with Crippen molar-refractivity contribution in [2.75, 3.05) is 7.11 Å². The van der Waals surface area contributed by atoms with Gasteiger partial charge in [0.1, 0.15) is 12.4 Å². The van der Waals surface area contributed by atoms with Crippen LogP contribution in [0.5, 0.6) is 0 Å². The van der Waals surface area contributed by atoms with Crippen molar-refractivity contribution in [3.8, 4) is 5.69 Å². The zero-order valence-electron chi connectivity index (χ0n) is 12.9. The minimum absolute atomic E-state index is 0.321. The molecule has 0 aliphatic carbocycles. The lowest BCUT2D eigenvalue weighted by molar-refractivity contribution is 0.176. The summed E-state index contributed by atoms with van der Waals surface area (Å²) in [6, 6.07) is 14.4. The highest BCUT2D eigenvalue weighted by atomic mass is 35.5. The van der Waals surface area contributed by atoms with Crippen molar-refractivity contribution in [1.29, 1.82) is 0 Å². The van der Waals surface area contributed by atoms with Crippen molar-refractivity contribution in [2.45, 2.75) is 17.5 Å². The highest BCUT2D eigenvalue weighted by Crippen LogP contribution is 2.29. The van der Waals surface area contributed by atoms with Crippen LogP contribution in [0.2, 0.25) is 5.02 Å². The molecule has 1 heterocycles. The molecule has 3 aromatic rings. The fourth-order valence-electron chi connectivity index (χ4n) is 2.26. The summed E-state index contributed by atoms with van der Waals surface area (Å²) in [7, 11) is 1.61. The molecule has 3 rings (SSSR count). The van der Waals surface area contributed by atoms with Crippen LogP contribution < -0.4 is 0 Å². The maximum absolute atomic E-state index is 13.9. The molecule has 0 fully saturated rings. The van der Waals surface area contributed by atoms with Gasteiger partial charge in [-0.1, -0.05) is 47.6 Å². The number of ether oxygens (including phenoxy) is 1. The molecule has 7 heteroatoms. The quantitative estimate of drug-likeness (QED) is 0.604. The van der Waals surface area contributed by atoms with Gasteiger partial charge in [-0.3, -0.25) is 4.57 Å². The Morgan fingerprint density at radius 2 is 1.92 bits per heavy atom. The third-order valence-electron chi connectivity index (χ3n) is 3.40. The van der Waals surface area contributed by atoms with Gasteiger partial charge in [-0.2, -0.15) is 0 Å². The van der Waals surface area contributed by atoms with Gasteiger partial charge in [0.25, 0.3) is 0 Å². The molecular formula is C17H15ClFN3OS. The lowest BCUT2D eigenvalue weighted by atomic mass is 10.2. The predicted molar refractivity (Wildman–Crippen MR) is 93.0 cm³/mol. The van der Waals surface area contributed by atoms with Crippen molar-refractivity contribution >= 4 is 23.4 Å². The number of rotatable bonds is 6. The monoisotopic (exact) mass is 363 g/mol. The number of methoxy groups -OCH3 is 1. The molecule has 0 N–H and O–H groups in total. The van der Waals surface area contributed by atoms with E-state index in [4.69, 9.17) is 16.3 Å². The van der Waals surface area contributed by atoms with E-state index in [1.54, 1.807) is 19.2 Å². The lowest BCUT2D eigenvalue weighted by Crippen LogP contribution is -2.04. The standard InChI is InChI=1S/C17H15ClFN3OS/c1-23-10-16-20-21-17(22(16)12-6-3-2-4-7-12)24-11-13-14(18)8-5-9-15(13)19/h2-9H,10-11H2,1H3. The second kappa shape index (κ2) is 7.79. The summed E-state index contributed by atoms with van der Waals surface area (Å²) in [5, 5.41) is 9.46. The van der Waals surface area contributed by atoms with Crippen LogP contribution in [-0.2, 0) is 17.1 Å². The van der Waals surface area contributed by atoms with Crippen LogP contribution in [0.1, 0.15) is 11.4 Å². The maximum Gasteiger partial charge on any atom is 0.196 e. The van der Waals surface area contributed by atoms with Gasteiger partial charge in [0, 0.05) is 29.1 Å². The van der Waals surface area contributed by atoms with E-state index in [-0.39, 0.29) is 5.82 Å². The molecular weight excluding hydrogens is 349 g/mol. The fraction of sp³-hybridized carbons (Fsp3) is 0.176. The van der Waals surface area contributed by atoms with Gasteiger partial charge in [-0.05, 0) is 24.3 Å². The first-order chi connectivity index (χ1) is 11.7. The van der Waals surface area contributed by atoms with E-state index in [1.165, 1.54) is 17.8 Å². The van der Waals surface area contributed by atoms with Gasteiger partial charge in [0.05, 0.1) is 0 Å². The molecule has 0 radical (unpaired) electrons. The molecule has 0 saturated carbocycles. The van der Waals surface area contributed by atoms with Crippen LogP contribution >= 0.6 is 23.4 Å². The van der Waals surface area contributed by atoms with Gasteiger partial charge in [-0.15, -0.1) is 10.2 Å². The molecule has 2 aromatic carbocycles. The number of nitrogens with zero attached hydrogens (tertiary/aromatic N) is 3. The summed E-state index contributed by atoms with van der Waals surface area (Å²) >= 11 is 7.47. The molecule has 124 valence electrons. The topological polar surface area (TPSA) is 39.9 Å². The van der Waals surface area contributed by atoms with Crippen molar-refractivity contribution in [2.24, 2.45) is 0 Å². The van der Waals surface area contributed by atoms with E-state index in [0.29, 0.717) is 33.9 Å². The minimum atomic E-state index is -0.321. The molecule has 1 aromatic heterocycles.